The summed E-state index contributed by atoms with van der Waals surface area (Å²) in [6, 6.07) is 3.09. The first-order valence-corrected chi connectivity index (χ1v) is 5.93. The minimum Gasteiger partial charge on any atom is -0.460 e. The zero-order valence-corrected chi connectivity index (χ0v) is 11.5. The summed E-state index contributed by atoms with van der Waals surface area (Å²) in [6.07, 6.45) is -4.73. The Morgan fingerprint density at radius 2 is 2.00 bits per heavy atom. The molecule has 1 aromatic rings. The van der Waals surface area contributed by atoms with Crippen molar-refractivity contribution in [2.24, 2.45) is 0 Å². The molecule has 0 aromatic heterocycles. The molecule has 0 spiro atoms. The first-order valence-electron chi connectivity index (χ1n) is 5.14. The summed E-state index contributed by atoms with van der Waals surface area (Å²) in [4.78, 5) is 11.7. The van der Waals surface area contributed by atoms with Gasteiger partial charge in [0.1, 0.15) is 6.61 Å². The topological polar surface area (TPSA) is 61.6 Å². The summed E-state index contributed by atoms with van der Waals surface area (Å²) in [7, 11) is 0. The van der Waals surface area contributed by atoms with Crippen molar-refractivity contribution in [2.75, 3.05) is 18.9 Å². The molecule has 0 fully saturated rings. The molecule has 0 aliphatic rings. The van der Waals surface area contributed by atoms with E-state index in [-0.39, 0.29) is 5.56 Å². The van der Waals surface area contributed by atoms with Crippen LogP contribution in [0.2, 0.25) is 0 Å². The van der Waals surface area contributed by atoms with Crippen LogP contribution < -0.4 is 5.73 Å². The molecule has 2 N–H and O–H groups in total. The number of anilines is 1. The van der Waals surface area contributed by atoms with Crippen molar-refractivity contribution < 1.29 is 27.4 Å². The van der Waals surface area contributed by atoms with Gasteiger partial charge in [-0.1, -0.05) is 15.9 Å². The van der Waals surface area contributed by atoms with Crippen LogP contribution >= 0.6 is 15.9 Å². The standard InChI is InChI=1S/C11H11BrF3NO3/c1-6-8(4-7(12)5-9(6)16)10(17)18-2-3-19-11(13,14)15/h4-5H,2-3,16H2,1H3. The van der Waals surface area contributed by atoms with Gasteiger partial charge in [0, 0.05) is 10.2 Å². The molecule has 8 heteroatoms. The number of carbonyl (C=O) groups is 1. The minimum absolute atomic E-state index is 0.193. The Bertz CT molecular complexity index is 477. The van der Waals surface area contributed by atoms with Gasteiger partial charge in [-0.25, -0.2) is 4.79 Å². The molecule has 1 rings (SSSR count). The van der Waals surface area contributed by atoms with E-state index < -0.39 is 25.5 Å². The second-order valence-corrected chi connectivity index (χ2v) is 4.51. The number of nitrogen functional groups attached to an aromatic ring is 1. The monoisotopic (exact) mass is 341 g/mol. The fourth-order valence-corrected chi connectivity index (χ4v) is 1.76. The maximum Gasteiger partial charge on any atom is 0.522 e. The summed E-state index contributed by atoms with van der Waals surface area (Å²) in [5.41, 5.74) is 6.74. The van der Waals surface area contributed by atoms with Gasteiger partial charge >= 0.3 is 12.3 Å². The van der Waals surface area contributed by atoms with E-state index in [1.807, 2.05) is 0 Å². The Morgan fingerprint density at radius 3 is 2.58 bits per heavy atom. The third-order valence-electron chi connectivity index (χ3n) is 2.21. The van der Waals surface area contributed by atoms with E-state index in [2.05, 4.69) is 25.4 Å². The van der Waals surface area contributed by atoms with Crippen LogP contribution in [0.3, 0.4) is 0 Å². The van der Waals surface area contributed by atoms with Gasteiger partial charge in [0.2, 0.25) is 0 Å². The maximum atomic E-state index is 11.7. The van der Waals surface area contributed by atoms with Gasteiger partial charge in [0.05, 0.1) is 12.2 Å². The van der Waals surface area contributed by atoms with E-state index in [4.69, 9.17) is 5.73 Å². The van der Waals surface area contributed by atoms with Crippen molar-refractivity contribution in [1.82, 2.24) is 0 Å². The molecule has 0 heterocycles. The molecule has 4 nitrogen and oxygen atoms in total. The van der Waals surface area contributed by atoms with Crippen LogP contribution in [0, 0.1) is 6.92 Å². The number of rotatable bonds is 4. The number of alkyl halides is 3. The molecule has 0 saturated carbocycles. The lowest BCUT2D eigenvalue weighted by molar-refractivity contribution is -0.326. The van der Waals surface area contributed by atoms with E-state index in [0.717, 1.165) is 0 Å². The molecule has 0 bridgehead atoms. The number of hydrogen-bond acceptors (Lipinski definition) is 4. The predicted octanol–water partition coefficient (Wildman–Crippen LogP) is 3.03. The summed E-state index contributed by atoms with van der Waals surface area (Å²) >= 11 is 3.16. The second-order valence-electron chi connectivity index (χ2n) is 3.60. The third kappa shape index (κ3) is 5.07. The fourth-order valence-electron chi connectivity index (χ4n) is 1.28. The normalized spacial score (nSPS) is 11.4. The Balaban J connectivity index is 2.60. The van der Waals surface area contributed by atoms with Crippen LogP contribution in [-0.2, 0) is 9.47 Å². The van der Waals surface area contributed by atoms with E-state index >= 15 is 0 Å². The highest BCUT2D eigenvalue weighted by atomic mass is 79.9. The number of esters is 1. The molecule has 0 radical (unpaired) electrons. The fraction of sp³-hybridized carbons (Fsp3) is 0.364. The van der Waals surface area contributed by atoms with E-state index in [0.29, 0.717) is 15.7 Å². The van der Waals surface area contributed by atoms with Gasteiger partial charge in [-0.2, -0.15) is 0 Å². The summed E-state index contributed by atoms with van der Waals surface area (Å²) in [6.45, 7) is 0.368. The van der Waals surface area contributed by atoms with Crippen LogP contribution in [0.25, 0.3) is 0 Å². The third-order valence-corrected chi connectivity index (χ3v) is 2.67. The zero-order chi connectivity index (χ0) is 14.6. The Kier molecular flexibility index (Phi) is 5.19. The van der Waals surface area contributed by atoms with Gasteiger partial charge in [0.25, 0.3) is 0 Å². The lowest BCUT2D eigenvalue weighted by Crippen LogP contribution is -2.19. The number of benzene rings is 1. The number of halogens is 4. The quantitative estimate of drug-likeness (QED) is 0.519. The van der Waals surface area contributed by atoms with Crippen molar-refractivity contribution in [2.45, 2.75) is 13.3 Å². The highest BCUT2D eigenvalue weighted by Crippen LogP contribution is 2.23. The number of ether oxygens (including phenoxy) is 2. The van der Waals surface area contributed by atoms with Crippen molar-refractivity contribution >= 4 is 27.6 Å². The highest BCUT2D eigenvalue weighted by Gasteiger charge is 2.28. The summed E-state index contributed by atoms with van der Waals surface area (Å²) in [5, 5.41) is 0. The molecular weight excluding hydrogens is 331 g/mol. The Morgan fingerprint density at radius 1 is 1.37 bits per heavy atom. The zero-order valence-electron chi connectivity index (χ0n) is 9.88. The molecule has 1 aromatic carbocycles. The molecular formula is C11H11BrF3NO3. The largest absolute Gasteiger partial charge is 0.522 e. The molecule has 19 heavy (non-hydrogen) atoms. The number of hydrogen-bond donors (Lipinski definition) is 1. The first-order chi connectivity index (χ1) is 8.70. The van der Waals surface area contributed by atoms with Crippen molar-refractivity contribution in [3.05, 3.63) is 27.7 Å². The van der Waals surface area contributed by atoms with Gasteiger partial charge in [-0.15, -0.1) is 13.2 Å². The maximum absolute atomic E-state index is 11.7. The molecule has 0 amide bonds. The average molecular weight is 342 g/mol. The minimum atomic E-state index is -4.73. The van der Waals surface area contributed by atoms with Crippen LogP contribution in [0.4, 0.5) is 18.9 Å². The lowest BCUT2D eigenvalue weighted by Gasteiger charge is -2.10. The Labute approximate surface area is 115 Å². The highest BCUT2D eigenvalue weighted by molar-refractivity contribution is 9.10. The van der Waals surface area contributed by atoms with Crippen molar-refractivity contribution in [3.63, 3.8) is 0 Å². The Hall–Kier alpha value is -1.28. The van der Waals surface area contributed by atoms with Gasteiger partial charge in [-0.3, -0.25) is 4.74 Å². The van der Waals surface area contributed by atoms with E-state index in [1.54, 1.807) is 13.0 Å². The van der Waals surface area contributed by atoms with E-state index in [1.165, 1.54) is 6.07 Å². The van der Waals surface area contributed by atoms with Gasteiger partial charge in [0.15, 0.2) is 0 Å². The molecule has 0 aliphatic carbocycles. The summed E-state index contributed by atoms with van der Waals surface area (Å²) in [5.74, 6) is -0.753. The van der Waals surface area contributed by atoms with Crippen molar-refractivity contribution in [1.29, 1.82) is 0 Å². The van der Waals surface area contributed by atoms with Crippen molar-refractivity contribution in [3.8, 4) is 0 Å². The van der Waals surface area contributed by atoms with E-state index in [9.17, 15) is 18.0 Å². The summed E-state index contributed by atoms with van der Waals surface area (Å²) < 4.78 is 43.8. The molecule has 0 atom stereocenters. The molecule has 106 valence electrons. The smallest absolute Gasteiger partial charge is 0.460 e. The number of carbonyl (C=O) groups excluding carboxylic acids is 1. The van der Waals surface area contributed by atoms with Crippen LogP contribution in [0.15, 0.2) is 16.6 Å². The number of nitrogens with two attached hydrogens (primary N) is 1. The molecule has 0 saturated heterocycles. The van der Waals surface area contributed by atoms with Crippen LogP contribution in [-0.4, -0.2) is 25.5 Å². The second kappa shape index (κ2) is 6.25. The van der Waals surface area contributed by atoms with Gasteiger partial charge < -0.3 is 10.5 Å². The van der Waals surface area contributed by atoms with Gasteiger partial charge in [-0.05, 0) is 24.6 Å². The molecule has 0 aliphatic heterocycles. The SMILES string of the molecule is Cc1c(N)cc(Br)cc1C(=O)OCCOC(F)(F)F. The lowest BCUT2D eigenvalue weighted by atomic mass is 10.1. The average Bonchev–Trinajstić information content (AvgIpc) is 2.27. The molecule has 0 unspecified atom stereocenters. The van der Waals surface area contributed by atoms with Crippen LogP contribution in [0.5, 0.6) is 0 Å². The first kappa shape index (κ1) is 15.8. The predicted molar refractivity (Wildman–Crippen MR) is 65.6 cm³/mol. The van der Waals surface area contributed by atoms with Crippen LogP contribution in [0.1, 0.15) is 15.9 Å².